The van der Waals surface area contributed by atoms with E-state index in [9.17, 15) is 0 Å². The van der Waals surface area contributed by atoms with Crippen molar-refractivity contribution in [2.75, 3.05) is 7.11 Å². The average Bonchev–Trinajstić information content (AvgIpc) is 3.05. The van der Waals surface area contributed by atoms with Crippen LogP contribution in [0.25, 0.3) is 26.4 Å². The number of rotatable bonds is 2. The van der Waals surface area contributed by atoms with Crippen molar-refractivity contribution in [1.82, 2.24) is 9.38 Å². The van der Waals surface area contributed by atoms with E-state index in [-0.39, 0.29) is 17.0 Å². The number of ether oxygens (including phenoxy) is 1. The molecule has 0 N–H and O–H groups in total. The Balaban J connectivity index is 0.00000132. The molecule has 0 bridgehead atoms. The second-order valence-electron chi connectivity index (χ2n) is 4.58. The van der Waals surface area contributed by atoms with E-state index >= 15 is 0 Å². The third kappa shape index (κ3) is 2.32. The van der Waals surface area contributed by atoms with Gasteiger partial charge in [-0.05, 0) is 36.4 Å². The van der Waals surface area contributed by atoms with Crippen molar-refractivity contribution in [2.24, 2.45) is 0 Å². The zero-order valence-electron chi connectivity index (χ0n) is 11.3. The lowest BCUT2D eigenvalue weighted by Gasteiger charge is -2.00. The minimum atomic E-state index is 0. The van der Waals surface area contributed by atoms with Gasteiger partial charge in [-0.15, -0.1) is 0 Å². The molecule has 2 aromatic carbocycles. The van der Waals surface area contributed by atoms with Gasteiger partial charge in [-0.2, -0.15) is 0 Å². The Labute approximate surface area is 136 Å². The van der Waals surface area contributed by atoms with Crippen LogP contribution in [0.3, 0.4) is 0 Å². The van der Waals surface area contributed by atoms with Gasteiger partial charge in [0.1, 0.15) is 5.75 Å². The number of thiazole rings is 1. The molecule has 0 spiro atoms. The van der Waals surface area contributed by atoms with Crippen LogP contribution in [0.15, 0.2) is 54.7 Å². The highest BCUT2D eigenvalue weighted by Crippen LogP contribution is 2.29. The Morgan fingerprint density at radius 1 is 1.05 bits per heavy atom. The van der Waals surface area contributed by atoms with E-state index < -0.39 is 0 Å². The third-order valence-electron chi connectivity index (χ3n) is 3.39. The Morgan fingerprint density at radius 3 is 2.57 bits per heavy atom. The van der Waals surface area contributed by atoms with Gasteiger partial charge in [0.25, 0.3) is 0 Å². The lowest BCUT2D eigenvalue weighted by molar-refractivity contribution is -0.00000419. The predicted octanol–water partition coefficient (Wildman–Crippen LogP) is 1.23. The zero-order valence-corrected chi connectivity index (χ0v) is 13.7. The van der Waals surface area contributed by atoms with Crippen molar-refractivity contribution >= 4 is 26.5 Å². The van der Waals surface area contributed by atoms with Gasteiger partial charge in [0, 0.05) is 11.8 Å². The summed E-state index contributed by atoms with van der Waals surface area (Å²) in [5, 5.41) is 0. The van der Waals surface area contributed by atoms with Crippen LogP contribution in [0.2, 0.25) is 0 Å². The molecule has 106 valence electrons. The fourth-order valence-electron chi connectivity index (χ4n) is 2.35. The fourth-order valence-corrected chi connectivity index (χ4v) is 3.36. The number of nitrogens with zero attached hydrogens (tertiary/aromatic N) is 2. The van der Waals surface area contributed by atoms with E-state index in [0.29, 0.717) is 0 Å². The van der Waals surface area contributed by atoms with Crippen LogP contribution < -0.4 is 21.7 Å². The topological polar surface area (TPSA) is 26.5 Å². The smallest absolute Gasteiger partial charge is 0.195 e. The summed E-state index contributed by atoms with van der Waals surface area (Å²) in [6.45, 7) is 0. The number of hydrogen-bond donors (Lipinski definition) is 0. The van der Waals surface area contributed by atoms with Gasteiger partial charge in [0.15, 0.2) is 4.96 Å². The zero-order chi connectivity index (χ0) is 13.5. The summed E-state index contributed by atoms with van der Waals surface area (Å²) < 4.78 is 8.60. The van der Waals surface area contributed by atoms with Gasteiger partial charge in [-0.25, -0.2) is 4.98 Å². The summed E-state index contributed by atoms with van der Waals surface area (Å²) in [5.74, 6) is 0.861. The van der Waals surface area contributed by atoms with Crippen LogP contribution in [0.1, 0.15) is 0 Å². The molecule has 0 saturated heterocycles. The number of halogens is 1. The molecule has 0 saturated carbocycles. The first-order valence-electron chi connectivity index (χ1n) is 6.36. The van der Waals surface area contributed by atoms with Crippen molar-refractivity contribution in [3.8, 4) is 17.0 Å². The lowest BCUT2D eigenvalue weighted by atomic mass is 10.2. The molecular weight excluding hydrogens is 348 g/mol. The lowest BCUT2D eigenvalue weighted by Crippen LogP contribution is -3.00. The number of aromatic nitrogens is 2. The molecule has 4 rings (SSSR count). The molecule has 5 heteroatoms. The van der Waals surface area contributed by atoms with E-state index in [0.717, 1.165) is 22.0 Å². The largest absolute Gasteiger partial charge is 1.00 e. The van der Waals surface area contributed by atoms with E-state index in [1.54, 1.807) is 18.4 Å². The number of hydrogen-bond acceptors (Lipinski definition) is 3. The van der Waals surface area contributed by atoms with Crippen molar-refractivity contribution in [3.05, 3.63) is 54.7 Å². The number of imidazole rings is 1. The van der Waals surface area contributed by atoms with E-state index in [1.165, 1.54) is 10.2 Å². The quantitative estimate of drug-likeness (QED) is 0.538. The average molecular weight is 360 g/mol. The van der Waals surface area contributed by atoms with E-state index in [4.69, 9.17) is 9.72 Å². The molecule has 0 atom stereocenters. The molecule has 0 aliphatic rings. The molecule has 4 aromatic rings. The summed E-state index contributed by atoms with van der Waals surface area (Å²) in [7, 11) is 1.67. The highest BCUT2D eigenvalue weighted by molar-refractivity contribution is 7.23. The minimum Gasteiger partial charge on any atom is -1.00 e. The molecule has 0 fully saturated rings. The number of methoxy groups -OCH3 is 1. The van der Waals surface area contributed by atoms with Crippen molar-refractivity contribution < 1.29 is 21.7 Å². The Hall–Kier alpha value is -1.85. The van der Waals surface area contributed by atoms with Crippen molar-refractivity contribution in [3.63, 3.8) is 0 Å². The SMILES string of the molecule is COc1ccc(-c2cn3c(n2)sc2ccccc23)cc1.[Br-]. The number of para-hydroxylation sites is 1. The first-order valence-corrected chi connectivity index (χ1v) is 7.18. The molecule has 3 nitrogen and oxygen atoms in total. The normalized spacial score (nSPS) is 10.7. The minimum absolute atomic E-state index is 0. The van der Waals surface area contributed by atoms with Crippen LogP contribution in [-0.2, 0) is 0 Å². The summed E-state index contributed by atoms with van der Waals surface area (Å²) >= 11 is 1.71. The van der Waals surface area contributed by atoms with Gasteiger partial charge in [-0.3, -0.25) is 4.40 Å². The number of benzene rings is 2. The summed E-state index contributed by atoms with van der Waals surface area (Å²) in [4.78, 5) is 5.74. The maximum Gasteiger partial charge on any atom is 0.195 e. The van der Waals surface area contributed by atoms with Crippen LogP contribution in [0, 0.1) is 0 Å². The Bertz CT molecular complexity index is 896. The second-order valence-corrected chi connectivity index (χ2v) is 5.59. The molecular formula is C16H12BrN2OS-. The van der Waals surface area contributed by atoms with Gasteiger partial charge in [0.2, 0.25) is 0 Å². The highest BCUT2D eigenvalue weighted by atomic mass is 79.9. The van der Waals surface area contributed by atoms with Crippen molar-refractivity contribution in [2.45, 2.75) is 0 Å². The van der Waals surface area contributed by atoms with Crippen LogP contribution in [0.5, 0.6) is 5.75 Å². The van der Waals surface area contributed by atoms with E-state index in [1.807, 2.05) is 24.3 Å². The molecule has 0 aliphatic heterocycles. The molecule has 0 radical (unpaired) electrons. The third-order valence-corrected chi connectivity index (χ3v) is 4.42. The Kier molecular flexibility index (Phi) is 3.69. The molecule has 2 aromatic heterocycles. The van der Waals surface area contributed by atoms with Crippen molar-refractivity contribution in [1.29, 1.82) is 0 Å². The maximum atomic E-state index is 5.18. The van der Waals surface area contributed by atoms with Gasteiger partial charge >= 0.3 is 0 Å². The summed E-state index contributed by atoms with van der Waals surface area (Å²) in [6, 6.07) is 16.4. The monoisotopic (exact) mass is 359 g/mol. The van der Waals surface area contributed by atoms with Gasteiger partial charge in [0.05, 0.1) is 23.0 Å². The Morgan fingerprint density at radius 2 is 1.81 bits per heavy atom. The van der Waals surface area contributed by atoms with Crippen LogP contribution >= 0.6 is 11.3 Å². The number of fused-ring (bicyclic) bond motifs is 3. The molecule has 0 unspecified atom stereocenters. The van der Waals surface area contributed by atoms with Gasteiger partial charge < -0.3 is 21.7 Å². The molecule has 0 amide bonds. The predicted molar refractivity (Wildman–Crippen MR) is 82.6 cm³/mol. The highest BCUT2D eigenvalue weighted by Gasteiger charge is 2.09. The van der Waals surface area contributed by atoms with E-state index in [2.05, 4.69) is 34.9 Å². The first-order chi connectivity index (χ1) is 9.85. The molecule has 21 heavy (non-hydrogen) atoms. The molecule has 0 aliphatic carbocycles. The van der Waals surface area contributed by atoms with Gasteiger partial charge in [-0.1, -0.05) is 23.5 Å². The maximum absolute atomic E-state index is 5.18. The summed E-state index contributed by atoms with van der Waals surface area (Å²) in [6.07, 6.45) is 2.09. The molecule has 2 heterocycles. The fraction of sp³-hybridized carbons (Fsp3) is 0.0625. The summed E-state index contributed by atoms with van der Waals surface area (Å²) in [5.41, 5.74) is 3.30. The van der Waals surface area contributed by atoms with Crippen LogP contribution in [-0.4, -0.2) is 16.5 Å². The first kappa shape index (κ1) is 14.1. The second kappa shape index (κ2) is 5.50. The van der Waals surface area contributed by atoms with Crippen LogP contribution in [0.4, 0.5) is 0 Å². The standard InChI is InChI=1S/C16H12N2OS.BrH/c1-19-12-8-6-11(7-9-12)13-10-18-14-4-2-3-5-15(14)20-16(18)17-13;/h2-10H,1H3;1H/p-1.